The van der Waals surface area contributed by atoms with Crippen molar-refractivity contribution in [3.8, 4) is 0 Å². The van der Waals surface area contributed by atoms with Crippen molar-refractivity contribution in [1.82, 2.24) is 4.72 Å². The number of hydrogen-bond acceptors (Lipinski definition) is 2. The second-order valence-corrected chi connectivity index (χ2v) is 8.54. The van der Waals surface area contributed by atoms with Crippen LogP contribution in [0.4, 0.5) is 0 Å². The van der Waals surface area contributed by atoms with Gasteiger partial charge in [0.05, 0.1) is 9.92 Å². The standard InChI is InChI=1S/C13H16BrCl2NO2S/c14-11-7-10(3-4-12(11)16)20(18,19)17-9-13(8-15)5-1-2-6-13/h3-4,7,17H,1-2,5-6,8-9H2. The minimum atomic E-state index is -3.53. The summed E-state index contributed by atoms with van der Waals surface area (Å²) in [6.07, 6.45) is 4.18. The van der Waals surface area contributed by atoms with Crippen LogP contribution in [-0.4, -0.2) is 20.8 Å². The first-order chi connectivity index (χ1) is 9.38. The topological polar surface area (TPSA) is 46.2 Å². The van der Waals surface area contributed by atoms with Gasteiger partial charge in [-0.25, -0.2) is 13.1 Å². The van der Waals surface area contributed by atoms with E-state index in [0.717, 1.165) is 25.7 Å². The highest BCUT2D eigenvalue weighted by Crippen LogP contribution is 2.38. The molecule has 0 bridgehead atoms. The SMILES string of the molecule is O=S(=O)(NCC1(CCl)CCCC1)c1ccc(Cl)c(Br)c1. The highest BCUT2D eigenvalue weighted by Gasteiger charge is 2.34. The molecule has 0 aliphatic heterocycles. The molecule has 0 amide bonds. The Morgan fingerprint density at radius 3 is 2.50 bits per heavy atom. The molecule has 20 heavy (non-hydrogen) atoms. The second kappa shape index (κ2) is 6.53. The summed E-state index contributed by atoms with van der Waals surface area (Å²) < 4.78 is 27.8. The molecule has 1 aliphatic rings. The van der Waals surface area contributed by atoms with Crippen molar-refractivity contribution in [2.75, 3.05) is 12.4 Å². The average Bonchev–Trinajstić information content (AvgIpc) is 2.89. The highest BCUT2D eigenvalue weighted by atomic mass is 79.9. The number of halogens is 3. The normalized spacial score (nSPS) is 18.4. The van der Waals surface area contributed by atoms with Crippen molar-refractivity contribution in [3.05, 3.63) is 27.7 Å². The van der Waals surface area contributed by atoms with Crippen LogP contribution in [0.15, 0.2) is 27.6 Å². The van der Waals surface area contributed by atoms with Crippen molar-refractivity contribution >= 4 is 49.2 Å². The van der Waals surface area contributed by atoms with Gasteiger partial charge in [-0.05, 0) is 52.4 Å². The van der Waals surface area contributed by atoms with E-state index < -0.39 is 10.0 Å². The first kappa shape index (κ1) is 16.6. The van der Waals surface area contributed by atoms with E-state index in [1.54, 1.807) is 6.07 Å². The number of rotatable bonds is 5. The predicted molar refractivity (Wildman–Crippen MR) is 86.0 cm³/mol. The smallest absolute Gasteiger partial charge is 0.211 e. The van der Waals surface area contributed by atoms with E-state index in [4.69, 9.17) is 23.2 Å². The van der Waals surface area contributed by atoms with E-state index in [0.29, 0.717) is 21.9 Å². The molecule has 0 spiro atoms. The van der Waals surface area contributed by atoms with Crippen molar-refractivity contribution in [2.45, 2.75) is 30.6 Å². The van der Waals surface area contributed by atoms with Gasteiger partial charge in [0, 0.05) is 16.9 Å². The molecule has 1 saturated carbocycles. The molecule has 2 rings (SSSR count). The van der Waals surface area contributed by atoms with Crippen molar-refractivity contribution in [1.29, 1.82) is 0 Å². The summed E-state index contributed by atoms with van der Waals surface area (Å²) in [5.41, 5.74) is -0.0989. The molecule has 0 aromatic heterocycles. The summed E-state index contributed by atoms with van der Waals surface area (Å²) in [6, 6.07) is 4.57. The zero-order valence-electron chi connectivity index (χ0n) is 10.8. The molecule has 1 aromatic rings. The molecule has 0 radical (unpaired) electrons. The average molecular weight is 401 g/mol. The van der Waals surface area contributed by atoms with Crippen LogP contribution in [0.25, 0.3) is 0 Å². The molecular formula is C13H16BrCl2NO2S. The molecule has 1 aromatic carbocycles. The van der Waals surface area contributed by atoms with Crippen molar-refractivity contribution in [3.63, 3.8) is 0 Å². The van der Waals surface area contributed by atoms with Crippen LogP contribution >= 0.6 is 39.1 Å². The Morgan fingerprint density at radius 1 is 1.30 bits per heavy atom. The molecule has 3 nitrogen and oxygen atoms in total. The Labute approximate surface area is 138 Å². The molecule has 112 valence electrons. The molecule has 0 saturated heterocycles. The summed E-state index contributed by atoms with van der Waals surface area (Å²) in [6.45, 7) is 0.388. The van der Waals surface area contributed by atoms with Gasteiger partial charge < -0.3 is 0 Å². The Hall–Kier alpha value is 0.190. The van der Waals surface area contributed by atoms with Crippen LogP contribution in [0, 0.1) is 5.41 Å². The van der Waals surface area contributed by atoms with E-state index in [9.17, 15) is 8.42 Å². The van der Waals surface area contributed by atoms with Gasteiger partial charge in [0.2, 0.25) is 10.0 Å². The Bertz CT molecular complexity index is 586. The van der Waals surface area contributed by atoms with E-state index in [2.05, 4.69) is 20.7 Å². The lowest BCUT2D eigenvalue weighted by atomic mass is 9.89. The maximum atomic E-state index is 12.3. The molecule has 1 fully saturated rings. The minimum absolute atomic E-state index is 0.0989. The third-order valence-electron chi connectivity index (χ3n) is 3.79. The van der Waals surface area contributed by atoms with Crippen LogP contribution in [0.2, 0.25) is 5.02 Å². The molecule has 0 unspecified atom stereocenters. The molecule has 7 heteroatoms. The summed E-state index contributed by atoms with van der Waals surface area (Å²) in [5, 5.41) is 0.483. The summed E-state index contributed by atoms with van der Waals surface area (Å²) in [5.74, 6) is 0.486. The lowest BCUT2D eigenvalue weighted by molar-refractivity contribution is 0.342. The number of hydrogen-bond donors (Lipinski definition) is 1. The monoisotopic (exact) mass is 399 g/mol. The van der Waals surface area contributed by atoms with Gasteiger partial charge in [0.1, 0.15) is 0 Å². The van der Waals surface area contributed by atoms with E-state index >= 15 is 0 Å². The summed E-state index contributed by atoms with van der Waals surface area (Å²) in [4.78, 5) is 0.205. The number of sulfonamides is 1. The quantitative estimate of drug-likeness (QED) is 0.753. The Morgan fingerprint density at radius 2 is 1.95 bits per heavy atom. The summed E-state index contributed by atoms with van der Waals surface area (Å²) >= 11 is 15.1. The van der Waals surface area contributed by atoms with Gasteiger partial charge in [-0.2, -0.15) is 0 Å². The van der Waals surface area contributed by atoms with Gasteiger partial charge in [0.15, 0.2) is 0 Å². The Kier molecular flexibility index (Phi) is 5.40. The Balaban J connectivity index is 2.13. The fourth-order valence-electron chi connectivity index (χ4n) is 2.46. The van der Waals surface area contributed by atoms with Crippen molar-refractivity contribution < 1.29 is 8.42 Å². The first-order valence-corrected chi connectivity index (χ1v) is 9.58. The van der Waals surface area contributed by atoms with Crippen LogP contribution in [-0.2, 0) is 10.0 Å². The van der Waals surface area contributed by atoms with Crippen LogP contribution in [0.5, 0.6) is 0 Å². The molecule has 0 atom stereocenters. The van der Waals surface area contributed by atoms with Gasteiger partial charge in [0.25, 0.3) is 0 Å². The van der Waals surface area contributed by atoms with Crippen LogP contribution in [0.1, 0.15) is 25.7 Å². The molecule has 1 N–H and O–H groups in total. The molecule has 1 aliphatic carbocycles. The van der Waals surface area contributed by atoms with Gasteiger partial charge >= 0.3 is 0 Å². The fourth-order valence-corrected chi connectivity index (χ4v) is 4.65. The largest absolute Gasteiger partial charge is 0.240 e. The van der Waals surface area contributed by atoms with E-state index in [1.807, 2.05) is 0 Å². The third kappa shape index (κ3) is 3.69. The zero-order chi connectivity index (χ0) is 14.8. The second-order valence-electron chi connectivity index (χ2n) is 5.24. The van der Waals surface area contributed by atoms with Gasteiger partial charge in [-0.1, -0.05) is 24.4 Å². The van der Waals surface area contributed by atoms with Gasteiger partial charge in [-0.15, -0.1) is 11.6 Å². The molecule has 0 heterocycles. The number of nitrogens with one attached hydrogen (secondary N) is 1. The summed E-state index contributed by atoms with van der Waals surface area (Å²) in [7, 11) is -3.53. The minimum Gasteiger partial charge on any atom is -0.211 e. The van der Waals surface area contributed by atoms with E-state index in [1.165, 1.54) is 12.1 Å². The zero-order valence-corrected chi connectivity index (χ0v) is 14.7. The lowest BCUT2D eigenvalue weighted by Gasteiger charge is -2.26. The predicted octanol–water partition coefficient (Wildman–Crippen LogP) is 4.18. The molecular weight excluding hydrogens is 385 g/mol. The number of benzene rings is 1. The maximum Gasteiger partial charge on any atom is 0.240 e. The van der Waals surface area contributed by atoms with Crippen LogP contribution < -0.4 is 4.72 Å². The third-order valence-corrected chi connectivity index (χ3v) is 6.97. The number of alkyl halides is 1. The van der Waals surface area contributed by atoms with E-state index in [-0.39, 0.29) is 10.3 Å². The first-order valence-electron chi connectivity index (χ1n) is 6.39. The lowest BCUT2D eigenvalue weighted by Crippen LogP contribution is -2.37. The van der Waals surface area contributed by atoms with Crippen molar-refractivity contribution in [2.24, 2.45) is 5.41 Å². The fraction of sp³-hybridized carbons (Fsp3) is 0.538. The maximum absolute atomic E-state index is 12.3. The van der Waals surface area contributed by atoms with Gasteiger partial charge in [-0.3, -0.25) is 0 Å². The van der Waals surface area contributed by atoms with Crippen LogP contribution in [0.3, 0.4) is 0 Å². The highest BCUT2D eigenvalue weighted by molar-refractivity contribution is 9.10.